The van der Waals surface area contributed by atoms with E-state index >= 15 is 0 Å². The van der Waals surface area contributed by atoms with Gasteiger partial charge in [0.15, 0.2) is 0 Å². The number of nitrogens with zero attached hydrogens (tertiary/aromatic N) is 2. The first-order valence-electron chi connectivity index (χ1n) is 8.88. The van der Waals surface area contributed by atoms with Gasteiger partial charge in [0, 0.05) is 28.4 Å². The van der Waals surface area contributed by atoms with Crippen LogP contribution in [0.4, 0.5) is 17.1 Å². The summed E-state index contributed by atoms with van der Waals surface area (Å²) < 4.78 is 0. The summed E-state index contributed by atoms with van der Waals surface area (Å²) in [5.74, 6) is -1.00. The Morgan fingerprint density at radius 3 is 2.66 bits per heavy atom. The van der Waals surface area contributed by atoms with Crippen molar-refractivity contribution in [3.8, 4) is 0 Å². The van der Waals surface area contributed by atoms with Crippen LogP contribution in [0.5, 0.6) is 0 Å². The van der Waals surface area contributed by atoms with E-state index < -0.39 is 5.97 Å². The molecule has 0 saturated heterocycles. The number of carboxylic acids is 1. The fourth-order valence-electron chi connectivity index (χ4n) is 3.01. The van der Waals surface area contributed by atoms with Gasteiger partial charge >= 0.3 is 5.97 Å². The number of fused-ring (bicyclic) bond motifs is 1. The van der Waals surface area contributed by atoms with E-state index in [9.17, 15) is 9.90 Å². The minimum Gasteiger partial charge on any atom is -0.478 e. The Morgan fingerprint density at radius 1 is 1.00 bits per heavy atom. The summed E-state index contributed by atoms with van der Waals surface area (Å²) in [5, 5.41) is 14.1. The van der Waals surface area contributed by atoms with E-state index in [1.807, 2.05) is 30.3 Å². The number of aliphatic imine (C=N–C) groups is 1. The molecule has 0 saturated carbocycles. The first-order chi connectivity index (χ1) is 14.1. The summed E-state index contributed by atoms with van der Waals surface area (Å²) in [7, 11) is 0. The van der Waals surface area contributed by atoms with Gasteiger partial charge in [-0.3, -0.25) is 9.98 Å². The molecule has 1 heterocycles. The molecule has 6 heteroatoms. The highest BCUT2D eigenvalue weighted by atomic mass is 35.5. The van der Waals surface area contributed by atoms with Crippen molar-refractivity contribution in [3.05, 3.63) is 95.1 Å². The Morgan fingerprint density at radius 2 is 1.79 bits per heavy atom. The summed E-state index contributed by atoms with van der Waals surface area (Å²) in [5.41, 5.74) is 3.71. The van der Waals surface area contributed by atoms with Crippen molar-refractivity contribution in [1.82, 2.24) is 4.98 Å². The lowest BCUT2D eigenvalue weighted by atomic mass is 10.1. The van der Waals surface area contributed by atoms with E-state index in [4.69, 9.17) is 11.6 Å². The summed E-state index contributed by atoms with van der Waals surface area (Å²) >= 11 is 6.17. The molecule has 0 bridgehead atoms. The summed E-state index contributed by atoms with van der Waals surface area (Å²) in [6, 6.07) is 21.7. The maximum Gasteiger partial charge on any atom is 0.337 e. The van der Waals surface area contributed by atoms with Crippen molar-refractivity contribution < 1.29 is 9.90 Å². The lowest BCUT2D eigenvalue weighted by molar-refractivity contribution is 0.0698. The summed E-state index contributed by atoms with van der Waals surface area (Å²) in [6.07, 6.45) is 3.49. The van der Waals surface area contributed by atoms with Crippen LogP contribution in [-0.4, -0.2) is 22.3 Å². The topological polar surface area (TPSA) is 74.6 Å². The van der Waals surface area contributed by atoms with Crippen molar-refractivity contribution in [2.45, 2.75) is 0 Å². The predicted octanol–water partition coefficient (Wildman–Crippen LogP) is 6.08. The number of para-hydroxylation sites is 2. The number of rotatable bonds is 5. The second-order valence-electron chi connectivity index (χ2n) is 6.31. The van der Waals surface area contributed by atoms with Crippen molar-refractivity contribution in [2.24, 2.45) is 4.99 Å². The summed E-state index contributed by atoms with van der Waals surface area (Å²) in [4.78, 5) is 20.5. The second-order valence-corrected chi connectivity index (χ2v) is 6.75. The fourth-order valence-corrected chi connectivity index (χ4v) is 3.18. The first-order valence-corrected chi connectivity index (χ1v) is 9.26. The van der Waals surface area contributed by atoms with Gasteiger partial charge < -0.3 is 10.4 Å². The number of nitrogens with one attached hydrogen (secondary N) is 1. The largest absolute Gasteiger partial charge is 0.478 e. The van der Waals surface area contributed by atoms with Gasteiger partial charge in [0.1, 0.15) is 0 Å². The van der Waals surface area contributed by atoms with E-state index in [0.29, 0.717) is 22.1 Å². The normalized spacial score (nSPS) is 11.1. The Bertz CT molecular complexity index is 1230. The van der Waals surface area contributed by atoms with Crippen molar-refractivity contribution >= 4 is 51.7 Å². The molecule has 4 rings (SSSR count). The Labute approximate surface area is 172 Å². The molecule has 0 amide bonds. The fraction of sp³-hybridized carbons (Fsp3) is 0. The number of hydrogen-bond acceptors (Lipinski definition) is 4. The maximum atomic E-state index is 11.5. The number of carboxylic acid groups (broad SMARTS) is 1. The Hall–Kier alpha value is -3.70. The van der Waals surface area contributed by atoms with E-state index in [2.05, 4.69) is 15.3 Å². The van der Waals surface area contributed by atoms with Crippen LogP contribution in [0.15, 0.2) is 84.0 Å². The number of aromatic carboxylic acids is 1. The van der Waals surface area contributed by atoms with Crippen LogP contribution in [0.1, 0.15) is 15.9 Å². The molecule has 0 fully saturated rings. The molecule has 0 radical (unpaired) electrons. The van der Waals surface area contributed by atoms with E-state index in [-0.39, 0.29) is 5.56 Å². The molecule has 0 spiro atoms. The standard InChI is InChI=1S/C23H16ClN3O2/c24-16-9-10-21(27-20-8-4-2-6-18(20)23(28)29)22(13-16)26-14-15-11-12-25-19-7-3-1-5-17(15)19/h1-14,27H,(H,28,29)/b26-14+. The SMILES string of the molecule is O=C(O)c1ccccc1Nc1ccc(Cl)cc1/N=C/c1ccnc2ccccc12. The highest BCUT2D eigenvalue weighted by Gasteiger charge is 2.11. The van der Waals surface area contributed by atoms with Gasteiger partial charge in [0.2, 0.25) is 0 Å². The minimum absolute atomic E-state index is 0.178. The van der Waals surface area contributed by atoms with Gasteiger partial charge in [-0.1, -0.05) is 41.9 Å². The molecule has 0 aliphatic rings. The molecule has 29 heavy (non-hydrogen) atoms. The van der Waals surface area contributed by atoms with E-state index in [1.165, 1.54) is 0 Å². The number of anilines is 2. The first kappa shape index (κ1) is 18.7. The van der Waals surface area contributed by atoms with E-state index in [0.717, 1.165) is 16.5 Å². The quantitative estimate of drug-likeness (QED) is 0.397. The van der Waals surface area contributed by atoms with Crippen LogP contribution in [0.3, 0.4) is 0 Å². The Balaban J connectivity index is 1.73. The third-order valence-electron chi connectivity index (χ3n) is 4.41. The van der Waals surface area contributed by atoms with Gasteiger partial charge in [-0.2, -0.15) is 0 Å². The lowest BCUT2D eigenvalue weighted by Gasteiger charge is -2.12. The molecule has 142 valence electrons. The molecule has 0 atom stereocenters. The van der Waals surface area contributed by atoms with Crippen LogP contribution in [0.2, 0.25) is 5.02 Å². The minimum atomic E-state index is -1.00. The summed E-state index contributed by atoms with van der Waals surface area (Å²) in [6.45, 7) is 0. The third kappa shape index (κ3) is 4.10. The van der Waals surface area contributed by atoms with Gasteiger partial charge in [0.05, 0.1) is 28.1 Å². The molecule has 0 aliphatic heterocycles. The Kier molecular flexibility index (Phi) is 5.22. The van der Waals surface area contributed by atoms with Crippen LogP contribution < -0.4 is 5.32 Å². The average molecular weight is 402 g/mol. The zero-order valence-electron chi connectivity index (χ0n) is 15.2. The van der Waals surface area contributed by atoms with Crippen molar-refractivity contribution in [1.29, 1.82) is 0 Å². The highest BCUT2D eigenvalue weighted by Crippen LogP contribution is 2.32. The molecule has 5 nitrogen and oxygen atoms in total. The van der Waals surface area contributed by atoms with Gasteiger partial charge in [0.25, 0.3) is 0 Å². The van der Waals surface area contributed by atoms with Crippen LogP contribution in [0, 0.1) is 0 Å². The van der Waals surface area contributed by atoms with Crippen molar-refractivity contribution in [3.63, 3.8) is 0 Å². The van der Waals surface area contributed by atoms with Crippen molar-refractivity contribution in [2.75, 3.05) is 5.32 Å². The zero-order chi connectivity index (χ0) is 20.2. The molecular formula is C23H16ClN3O2. The zero-order valence-corrected chi connectivity index (χ0v) is 16.0. The number of pyridine rings is 1. The second kappa shape index (κ2) is 8.12. The average Bonchev–Trinajstić information content (AvgIpc) is 2.74. The number of aromatic nitrogens is 1. The van der Waals surface area contributed by atoms with Gasteiger partial charge in [-0.05, 0) is 42.5 Å². The molecule has 1 aromatic heterocycles. The highest BCUT2D eigenvalue weighted by molar-refractivity contribution is 6.31. The van der Waals surface area contributed by atoms with Crippen LogP contribution >= 0.6 is 11.6 Å². The number of carbonyl (C=O) groups is 1. The number of halogens is 1. The lowest BCUT2D eigenvalue weighted by Crippen LogP contribution is -2.02. The number of benzene rings is 3. The smallest absolute Gasteiger partial charge is 0.337 e. The van der Waals surface area contributed by atoms with Crippen LogP contribution in [-0.2, 0) is 0 Å². The maximum absolute atomic E-state index is 11.5. The van der Waals surface area contributed by atoms with Gasteiger partial charge in [-0.15, -0.1) is 0 Å². The monoisotopic (exact) mass is 401 g/mol. The predicted molar refractivity (Wildman–Crippen MR) is 117 cm³/mol. The molecular weight excluding hydrogens is 386 g/mol. The molecule has 3 aromatic carbocycles. The number of hydrogen-bond donors (Lipinski definition) is 2. The third-order valence-corrected chi connectivity index (χ3v) is 4.65. The molecule has 0 unspecified atom stereocenters. The molecule has 0 aliphatic carbocycles. The molecule has 2 N–H and O–H groups in total. The van der Waals surface area contributed by atoms with Gasteiger partial charge in [-0.25, -0.2) is 4.79 Å². The van der Waals surface area contributed by atoms with E-state index in [1.54, 1.807) is 54.9 Å². The van der Waals surface area contributed by atoms with Crippen LogP contribution in [0.25, 0.3) is 10.9 Å². The molecule has 4 aromatic rings.